The summed E-state index contributed by atoms with van der Waals surface area (Å²) in [6.45, 7) is 21.6. The Morgan fingerprint density at radius 1 is 0.895 bits per heavy atom. The van der Waals surface area contributed by atoms with Crippen LogP contribution in [0, 0.1) is 16.7 Å². The van der Waals surface area contributed by atoms with Crippen molar-refractivity contribution in [3.63, 3.8) is 0 Å². The van der Waals surface area contributed by atoms with Crippen LogP contribution >= 0.6 is 0 Å². The summed E-state index contributed by atoms with van der Waals surface area (Å²) >= 11 is 0. The standard InChI is InChI=1S/C47H70O9Si/c1-36(32-52-43-27-19-21-29-51-43)30-39(56-37(2)48)31-38(33-53-44(49)45(3,4)5)42(54-35-50-11)26-18-20-28-47(9,10)34-55-57(46(6,7)8,40-22-14-12-15-23-40)41-24-16-13-17-25-41/h12-18,20,22-26,28,30,38-39,42-43H,19,21,27,29,31-35H2,1-11H3/b26-18+,28-20+,36-30+/t38-,39?,42-,43?/m1/s1. The van der Waals surface area contributed by atoms with E-state index in [1.807, 2.05) is 52.0 Å². The molecule has 2 unspecified atom stereocenters. The summed E-state index contributed by atoms with van der Waals surface area (Å²) in [7, 11) is -1.16. The molecule has 0 bridgehead atoms. The lowest BCUT2D eigenvalue weighted by Gasteiger charge is -2.44. The maximum absolute atomic E-state index is 13.0. The van der Waals surface area contributed by atoms with Gasteiger partial charge in [0.05, 0.1) is 24.7 Å². The van der Waals surface area contributed by atoms with Crippen LogP contribution in [0.3, 0.4) is 0 Å². The summed E-state index contributed by atoms with van der Waals surface area (Å²) in [6.07, 6.45) is 11.8. The Kier molecular flexibility index (Phi) is 19.1. The predicted octanol–water partition coefficient (Wildman–Crippen LogP) is 8.71. The lowest BCUT2D eigenvalue weighted by atomic mass is 9.93. The lowest BCUT2D eigenvalue weighted by molar-refractivity contribution is -0.159. The maximum atomic E-state index is 13.0. The average Bonchev–Trinajstić information content (AvgIpc) is 3.15. The summed E-state index contributed by atoms with van der Waals surface area (Å²) in [6, 6.07) is 21.3. The van der Waals surface area contributed by atoms with Gasteiger partial charge in [-0.25, -0.2) is 0 Å². The monoisotopic (exact) mass is 806 g/mol. The highest BCUT2D eigenvalue weighted by atomic mass is 28.4. The molecule has 57 heavy (non-hydrogen) atoms. The van der Waals surface area contributed by atoms with Crippen LogP contribution in [0.2, 0.25) is 5.04 Å². The molecule has 9 nitrogen and oxygen atoms in total. The third kappa shape index (κ3) is 15.7. The molecule has 1 fully saturated rings. The van der Waals surface area contributed by atoms with E-state index in [2.05, 4.69) is 101 Å². The number of hydrogen-bond acceptors (Lipinski definition) is 9. The number of ether oxygens (including phenoxy) is 6. The second-order valence-corrected chi connectivity index (χ2v) is 22.1. The fourth-order valence-electron chi connectivity index (χ4n) is 6.88. The first-order valence-corrected chi connectivity index (χ1v) is 22.3. The van der Waals surface area contributed by atoms with Crippen molar-refractivity contribution in [2.75, 3.05) is 40.3 Å². The van der Waals surface area contributed by atoms with Crippen LogP contribution in [0.15, 0.2) is 96.6 Å². The van der Waals surface area contributed by atoms with E-state index in [9.17, 15) is 9.59 Å². The third-order valence-electron chi connectivity index (χ3n) is 9.88. The van der Waals surface area contributed by atoms with Gasteiger partial charge in [-0.05, 0) is 80.4 Å². The number of benzene rings is 2. The molecule has 3 rings (SSSR count). The molecule has 2 aromatic rings. The van der Waals surface area contributed by atoms with Gasteiger partial charge in [0.15, 0.2) is 6.29 Å². The molecular weight excluding hydrogens is 737 g/mol. The van der Waals surface area contributed by atoms with Gasteiger partial charge in [0.2, 0.25) is 0 Å². The van der Waals surface area contributed by atoms with E-state index in [1.165, 1.54) is 17.3 Å². The molecule has 1 aliphatic heterocycles. The van der Waals surface area contributed by atoms with Crippen molar-refractivity contribution in [3.8, 4) is 0 Å². The Hall–Kier alpha value is -3.38. The van der Waals surface area contributed by atoms with Crippen LogP contribution in [0.4, 0.5) is 0 Å². The van der Waals surface area contributed by atoms with Crippen LogP contribution in [0.1, 0.15) is 94.9 Å². The zero-order valence-corrected chi connectivity index (χ0v) is 37.5. The molecular formula is C47H70O9Si. The van der Waals surface area contributed by atoms with E-state index in [1.54, 1.807) is 7.11 Å². The first-order valence-electron chi connectivity index (χ1n) is 20.3. The number of esters is 2. The van der Waals surface area contributed by atoms with Gasteiger partial charge in [0.1, 0.15) is 12.9 Å². The fourth-order valence-corrected chi connectivity index (χ4v) is 11.6. The van der Waals surface area contributed by atoms with Crippen molar-refractivity contribution in [1.29, 1.82) is 0 Å². The molecule has 0 aliphatic carbocycles. The maximum Gasteiger partial charge on any atom is 0.311 e. The zero-order chi connectivity index (χ0) is 42.1. The minimum Gasteiger partial charge on any atom is -0.465 e. The highest BCUT2D eigenvalue weighted by molar-refractivity contribution is 6.99. The lowest BCUT2D eigenvalue weighted by Crippen LogP contribution is -2.67. The van der Waals surface area contributed by atoms with Gasteiger partial charge in [-0.3, -0.25) is 9.59 Å². The number of hydrogen-bond donors (Lipinski definition) is 0. The molecule has 10 heteroatoms. The van der Waals surface area contributed by atoms with Crippen LogP contribution in [-0.4, -0.2) is 79.1 Å². The first kappa shape index (κ1) is 48.0. The molecule has 4 atom stereocenters. The molecule has 1 heterocycles. The Morgan fingerprint density at radius 2 is 1.53 bits per heavy atom. The number of carbonyl (C=O) groups is 2. The van der Waals surface area contributed by atoms with E-state index in [-0.39, 0.29) is 36.1 Å². The Balaban J connectivity index is 1.88. The summed E-state index contributed by atoms with van der Waals surface area (Å²) < 4.78 is 42.2. The second kappa shape index (κ2) is 22.7. The van der Waals surface area contributed by atoms with Crippen LogP contribution in [0.5, 0.6) is 0 Å². The van der Waals surface area contributed by atoms with Gasteiger partial charge < -0.3 is 32.8 Å². The van der Waals surface area contributed by atoms with Crippen molar-refractivity contribution in [2.24, 2.45) is 16.7 Å². The van der Waals surface area contributed by atoms with E-state index in [0.29, 0.717) is 26.2 Å². The Bertz CT molecular complexity index is 1540. The van der Waals surface area contributed by atoms with E-state index >= 15 is 0 Å². The van der Waals surface area contributed by atoms with E-state index in [0.717, 1.165) is 24.8 Å². The van der Waals surface area contributed by atoms with Gasteiger partial charge in [0.25, 0.3) is 8.32 Å². The first-order chi connectivity index (χ1) is 26.9. The van der Waals surface area contributed by atoms with Gasteiger partial charge in [0, 0.05) is 38.6 Å². The summed E-state index contributed by atoms with van der Waals surface area (Å²) in [4.78, 5) is 25.3. The highest BCUT2D eigenvalue weighted by Gasteiger charge is 2.50. The molecule has 0 radical (unpaired) electrons. The highest BCUT2D eigenvalue weighted by Crippen LogP contribution is 2.38. The van der Waals surface area contributed by atoms with Crippen molar-refractivity contribution < 1.29 is 42.4 Å². The molecule has 0 N–H and O–H groups in total. The quantitative estimate of drug-likeness (QED) is 0.0404. The smallest absolute Gasteiger partial charge is 0.311 e. The molecule has 0 saturated carbocycles. The van der Waals surface area contributed by atoms with Crippen molar-refractivity contribution in [3.05, 3.63) is 96.6 Å². The fraction of sp³-hybridized carbons (Fsp3) is 0.574. The molecule has 1 saturated heterocycles. The van der Waals surface area contributed by atoms with Gasteiger partial charge in [-0.2, -0.15) is 0 Å². The van der Waals surface area contributed by atoms with Gasteiger partial charge in [-0.15, -0.1) is 0 Å². The number of rotatable bonds is 21. The SMILES string of the molecule is COCO[C@H](/C=C/C=C/C(C)(C)CO[Si](c1ccccc1)(c1ccccc1)C(C)(C)C)[C@@H](COC(=O)C(C)(C)C)CC(/C=C(\C)COC1CCCCO1)OC(C)=O. The Labute approximate surface area is 344 Å². The van der Waals surface area contributed by atoms with E-state index < -0.39 is 37.8 Å². The van der Waals surface area contributed by atoms with Crippen molar-refractivity contribution >= 4 is 30.6 Å². The van der Waals surface area contributed by atoms with E-state index in [4.69, 9.17) is 32.8 Å². The number of methoxy groups -OCH3 is 1. The molecule has 1 aliphatic rings. The average molecular weight is 807 g/mol. The summed E-state index contributed by atoms with van der Waals surface area (Å²) in [5.41, 5.74) is -0.121. The van der Waals surface area contributed by atoms with Crippen molar-refractivity contribution in [2.45, 2.75) is 118 Å². The predicted molar refractivity (Wildman–Crippen MR) is 230 cm³/mol. The topological polar surface area (TPSA) is 98.8 Å². The van der Waals surface area contributed by atoms with Gasteiger partial charge >= 0.3 is 11.9 Å². The van der Waals surface area contributed by atoms with Gasteiger partial charge in [-0.1, -0.05) is 120 Å². The van der Waals surface area contributed by atoms with Crippen LogP contribution in [-0.2, 0) is 42.4 Å². The summed E-state index contributed by atoms with van der Waals surface area (Å²) in [5, 5.41) is 2.34. The molecule has 0 spiro atoms. The normalized spacial score (nSPS) is 17.7. The zero-order valence-electron chi connectivity index (χ0n) is 36.5. The number of allylic oxidation sites excluding steroid dienone is 2. The largest absolute Gasteiger partial charge is 0.465 e. The molecule has 0 aromatic heterocycles. The Morgan fingerprint density at radius 3 is 2.05 bits per heavy atom. The minimum absolute atomic E-state index is 0.0165. The second-order valence-electron chi connectivity index (χ2n) is 17.8. The molecule has 0 amide bonds. The third-order valence-corrected chi connectivity index (χ3v) is 14.9. The molecule has 316 valence electrons. The van der Waals surface area contributed by atoms with Crippen molar-refractivity contribution in [1.82, 2.24) is 0 Å². The molecule has 2 aromatic carbocycles. The van der Waals surface area contributed by atoms with Crippen LogP contribution in [0.25, 0.3) is 0 Å². The number of carbonyl (C=O) groups excluding carboxylic acids is 2. The minimum atomic E-state index is -2.72. The van der Waals surface area contributed by atoms with Crippen LogP contribution < -0.4 is 10.4 Å². The summed E-state index contributed by atoms with van der Waals surface area (Å²) in [5.74, 6) is -1.14.